The topological polar surface area (TPSA) is 135 Å². The summed E-state index contributed by atoms with van der Waals surface area (Å²) < 4.78 is 16.9. The van der Waals surface area contributed by atoms with Crippen molar-refractivity contribution in [2.75, 3.05) is 17.2 Å². The molecule has 0 bridgehead atoms. The fourth-order valence-electron chi connectivity index (χ4n) is 4.48. The van der Waals surface area contributed by atoms with E-state index in [1.54, 1.807) is 18.3 Å². The molecular formula is C28H28ClFN8O. The summed E-state index contributed by atoms with van der Waals surface area (Å²) in [5.41, 5.74) is 7.23. The van der Waals surface area contributed by atoms with Crippen molar-refractivity contribution < 1.29 is 9.18 Å². The summed E-state index contributed by atoms with van der Waals surface area (Å²) in [5, 5.41) is 25.8. The Morgan fingerprint density at radius 3 is 2.69 bits per heavy atom. The number of nitrogens with zero attached hydrogens (tertiary/aromatic N) is 5. The molecule has 1 fully saturated rings. The lowest BCUT2D eigenvalue weighted by Crippen LogP contribution is -2.34. The SMILES string of the molecule is CC(C)(C)CNc1c(C#N)cnc2c(F)cc(NC(c3cn(C4(C(N)=O)CC4)nn3)c3ccccc3Cl)cc12. The second kappa shape index (κ2) is 9.82. The molecule has 0 spiro atoms. The molecule has 2 aromatic heterocycles. The number of amides is 1. The summed E-state index contributed by atoms with van der Waals surface area (Å²) in [6.45, 7) is 6.75. The van der Waals surface area contributed by atoms with Crippen molar-refractivity contribution in [3.63, 3.8) is 0 Å². The van der Waals surface area contributed by atoms with Crippen LogP contribution in [0, 0.1) is 22.6 Å². The molecule has 5 rings (SSSR count). The minimum Gasteiger partial charge on any atom is -0.383 e. The zero-order valence-electron chi connectivity index (χ0n) is 21.8. The number of nitriles is 1. The lowest BCUT2D eigenvalue weighted by atomic mass is 9.96. The van der Waals surface area contributed by atoms with Gasteiger partial charge in [-0.25, -0.2) is 9.07 Å². The van der Waals surface area contributed by atoms with Crippen LogP contribution in [0.25, 0.3) is 10.9 Å². The number of benzene rings is 2. The number of halogens is 2. The highest BCUT2D eigenvalue weighted by molar-refractivity contribution is 6.31. The molecule has 1 unspecified atom stereocenters. The Morgan fingerprint density at radius 1 is 1.31 bits per heavy atom. The highest BCUT2D eigenvalue weighted by Crippen LogP contribution is 2.43. The van der Waals surface area contributed by atoms with Crippen LogP contribution in [-0.2, 0) is 10.3 Å². The third-order valence-corrected chi connectivity index (χ3v) is 7.14. The van der Waals surface area contributed by atoms with Crippen LogP contribution in [0.1, 0.15) is 56.5 Å². The smallest absolute Gasteiger partial charge is 0.245 e. The van der Waals surface area contributed by atoms with E-state index in [4.69, 9.17) is 17.3 Å². The summed E-state index contributed by atoms with van der Waals surface area (Å²) in [5.74, 6) is -1.01. The normalized spacial score (nSPS) is 15.0. The van der Waals surface area contributed by atoms with Gasteiger partial charge in [-0.15, -0.1) is 5.10 Å². The Bertz CT molecular complexity index is 1620. The molecule has 4 N–H and O–H groups in total. The Morgan fingerprint density at radius 2 is 2.05 bits per heavy atom. The molecule has 9 nitrogen and oxygen atoms in total. The number of fused-ring (bicyclic) bond motifs is 1. The van der Waals surface area contributed by atoms with Gasteiger partial charge in [-0.2, -0.15) is 5.26 Å². The number of carbonyl (C=O) groups is 1. The first-order chi connectivity index (χ1) is 18.5. The molecule has 0 saturated heterocycles. The Balaban J connectivity index is 1.60. The molecule has 4 aromatic rings. The van der Waals surface area contributed by atoms with E-state index < -0.39 is 23.3 Å². The van der Waals surface area contributed by atoms with E-state index in [0.717, 1.165) is 0 Å². The van der Waals surface area contributed by atoms with Gasteiger partial charge in [0.15, 0.2) is 5.82 Å². The molecule has 200 valence electrons. The third kappa shape index (κ3) is 5.10. The predicted octanol–water partition coefficient (Wildman–Crippen LogP) is 5.12. The van der Waals surface area contributed by atoms with Crippen molar-refractivity contribution in [1.82, 2.24) is 20.0 Å². The summed E-state index contributed by atoms with van der Waals surface area (Å²) in [7, 11) is 0. The largest absolute Gasteiger partial charge is 0.383 e. The predicted molar refractivity (Wildman–Crippen MR) is 148 cm³/mol. The molecule has 1 amide bonds. The highest BCUT2D eigenvalue weighted by Gasteiger charge is 2.52. The van der Waals surface area contributed by atoms with Crippen LogP contribution in [0.5, 0.6) is 0 Å². The maximum atomic E-state index is 15.4. The average molecular weight is 547 g/mol. The average Bonchev–Trinajstić information content (AvgIpc) is 3.56. The molecule has 0 radical (unpaired) electrons. The summed E-state index contributed by atoms with van der Waals surface area (Å²) >= 11 is 6.57. The minimum atomic E-state index is -0.877. The Labute approximate surface area is 230 Å². The summed E-state index contributed by atoms with van der Waals surface area (Å²) in [6, 6.07) is 11.8. The van der Waals surface area contributed by atoms with Crippen LogP contribution in [0.4, 0.5) is 15.8 Å². The Kier molecular flexibility index (Phi) is 6.64. The van der Waals surface area contributed by atoms with Gasteiger partial charge in [0.1, 0.15) is 22.8 Å². The van der Waals surface area contributed by atoms with Crippen molar-refractivity contribution in [2.45, 2.75) is 45.2 Å². The standard InChI is InChI=1S/C28H28ClFN8O/c1-27(2,3)15-34-23-16(12-31)13-33-24-19(23)10-17(11-21(24)30)35-25(18-6-4-5-7-20(18)29)22-14-38(37-36-22)28(8-9-28)26(32)39/h4-7,10-11,13-14,25,35H,8-9,15H2,1-3H3,(H2,32,39)(H,33,34). The fourth-order valence-corrected chi connectivity index (χ4v) is 4.73. The monoisotopic (exact) mass is 546 g/mol. The number of primary amides is 1. The zero-order chi connectivity index (χ0) is 27.9. The van der Waals surface area contributed by atoms with E-state index >= 15 is 4.39 Å². The second-order valence-corrected chi connectivity index (χ2v) is 11.4. The van der Waals surface area contributed by atoms with Crippen LogP contribution in [0.3, 0.4) is 0 Å². The van der Waals surface area contributed by atoms with Gasteiger partial charge < -0.3 is 16.4 Å². The van der Waals surface area contributed by atoms with Crippen molar-refractivity contribution >= 4 is 39.8 Å². The second-order valence-electron chi connectivity index (χ2n) is 11.0. The first-order valence-electron chi connectivity index (χ1n) is 12.5. The number of anilines is 2. The van der Waals surface area contributed by atoms with Gasteiger partial charge in [0.05, 0.1) is 23.5 Å². The number of rotatable bonds is 8. The van der Waals surface area contributed by atoms with Gasteiger partial charge in [-0.1, -0.05) is 55.8 Å². The molecule has 1 aliphatic carbocycles. The van der Waals surface area contributed by atoms with Crippen LogP contribution < -0.4 is 16.4 Å². The highest BCUT2D eigenvalue weighted by atomic mass is 35.5. The van der Waals surface area contributed by atoms with E-state index in [2.05, 4.69) is 52.8 Å². The quantitative estimate of drug-likeness (QED) is 0.279. The minimum absolute atomic E-state index is 0.0818. The lowest BCUT2D eigenvalue weighted by molar-refractivity contribution is -0.122. The maximum Gasteiger partial charge on any atom is 0.245 e. The van der Waals surface area contributed by atoms with Gasteiger partial charge in [-0.05, 0) is 42.0 Å². The molecule has 0 aliphatic heterocycles. The van der Waals surface area contributed by atoms with Gasteiger partial charge in [-0.3, -0.25) is 9.78 Å². The van der Waals surface area contributed by atoms with Gasteiger partial charge in [0, 0.05) is 28.8 Å². The molecule has 1 atom stereocenters. The van der Waals surface area contributed by atoms with E-state index in [9.17, 15) is 10.1 Å². The van der Waals surface area contributed by atoms with Crippen molar-refractivity contribution in [1.29, 1.82) is 5.26 Å². The van der Waals surface area contributed by atoms with E-state index in [0.29, 0.717) is 58.0 Å². The zero-order valence-corrected chi connectivity index (χ0v) is 22.6. The lowest BCUT2D eigenvalue weighted by Gasteiger charge is -2.22. The van der Waals surface area contributed by atoms with E-state index in [1.807, 2.05) is 18.2 Å². The first-order valence-corrected chi connectivity index (χ1v) is 12.9. The molecule has 2 heterocycles. The third-order valence-electron chi connectivity index (χ3n) is 6.80. The van der Waals surface area contributed by atoms with Crippen LogP contribution >= 0.6 is 11.6 Å². The van der Waals surface area contributed by atoms with E-state index in [1.165, 1.54) is 16.9 Å². The number of pyridine rings is 1. The number of hydrogen-bond donors (Lipinski definition) is 3. The molecule has 1 saturated carbocycles. The number of carbonyl (C=O) groups excluding carboxylic acids is 1. The number of nitrogens with one attached hydrogen (secondary N) is 2. The van der Waals surface area contributed by atoms with Gasteiger partial charge in [0.2, 0.25) is 5.91 Å². The molecule has 11 heteroatoms. The van der Waals surface area contributed by atoms with Crippen LogP contribution in [-0.4, -0.2) is 32.4 Å². The maximum absolute atomic E-state index is 15.4. The molecule has 1 aliphatic rings. The van der Waals surface area contributed by atoms with Crippen molar-refractivity contribution in [3.05, 3.63) is 76.5 Å². The summed E-state index contributed by atoms with van der Waals surface area (Å²) in [4.78, 5) is 16.3. The fraction of sp³-hybridized carbons (Fsp3) is 0.321. The van der Waals surface area contributed by atoms with Crippen molar-refractivity contribution in [3.8, 4) is 6.07 Å². The summed E-state index contributed by atoms with van der Waals surface area (Å²) in [6.07, 6.45) is 4.22. The van der Waals surface area contributed by atoms with Gasteiger partial charge in [0.25, 0.3) is 0 Å². The van der Waals surface area contributed by atoms with Gasteiger partial charge >= 0.3 is 0 Å². The molecule has 39 heavy (non-hydrogen) atoms. The molecular weight excluding hydrogens is 519 g/mol. The van der Waals surface area contributed by atoms with E-state index in [-0.39, 0.29) is 10.9 Å². The number of hydrogen-bond acceptors (Lipinski definition) is 7. The first kappa shape index (κ1) is 26.4. The van der Waals surface area contributed by atoms with Crippen LogP contribution in [0.2, 0.25) is 5.02 Å². The van der Waals surface area contributed by atoms with Crippen molar-refractivity contribution in [2.24, 2.45) is 11.1 Å². The number of nitrogens with two attached hydrogens (primary N) is 1. The van der Waals surface area contributed by atoms with Crippen LogP contribution in [0.15, 0.2) is 48.8 Å². The Hall–Kier alpha value is -4.23. The number of aromatic nitrogens is 4. The molecule has 2 aromatic carbocycles.